The minimum atomic E-state index is 0.0650. The molecule has 0 saturated carbocycles. The van der Waals surface area contributed by atoms with Crippen LogP contribution >= 0.6 is 11.8 Å². The van der Waals surface area contributed by atoms with Crippen LogP contribution in [-0.2, 0) is 0 Å². The Morgan fingerprint density at radius 1 is 1.17 bits per heavy atom. The van der Waals surface area contributed by atoms with Crippen LogP contribution in [0.4, 0.5) is 5.69 Å². The maximum absolute atomic E-state index is 5.82. The third-order valence-electron chi connectivity index (χ3n) is 5.10. The Morgan fingerprint density at radius 2 is 1.93 bits per heavy atom. The van der Waals surface area contributed by atoms with Crippen molar-refractivity contribution in [1.29, 1.82) is 0 Å². The summed E-state index contributed by atoms with van der Waals surface area (Å²) < 4.78 is 13.5. The molecule has 0 aliphatic heterocycles. The van der Waals surface area contributed by atoms with E-state index in [0.29, 0.717) is 6.61 Å². The van der Waals surface area contributed by atoms with E-state index in [0.717, 1.165) is 55.7 Å². The molecule has 0 aliphatic rings. The smallest absolute Gasteiger partial charge is 0.161 e. The minimum Gasteiger partial charge on any atom is -0.493 e. The molecule has 1 heterocycles. The Hall–Kier alpha value is -2.79. The third-order valence-corrected chi connectivity index (χ3v) is 5.75. The molecule has 0 aliphatic carbocycles. The lowest BCUT2D eigenvalue weighted by molar-refractivity contribution is 0.310. The zero-order valence-electron chi connectivity index (χ0n) is 18.2. The predicted octanol–water partition coefficient (Wildman–Crippen LogP) is 4.77. The molecule has 5 heteroatoms. The van der Waals surface area contributed by atoms with E-state index in [2.05, 4.69) is 60.1 Å². The van der Waals surface area contributed by atoms with Crippen LogP contribution in [0.5, 0.6) is 11.5 Å². The molecule has 0 radical (unpaired) electrons. The van der Waals surface area contributed by atoms with E-state index in [-0.39, 0.29) is 6.04 Å². The molecule has 2 aromatic carbocycles. The number of hydrogen-bond donors (Lipinski definition) is 1. The maximum atomic E-state index is 5.82. The number of hydrogen-bond acceptors (Lipinski definition) is 4. The Balaban J connectivity index is 2.23. The highest BCUT2D eigenvalue weighted by Gasteiger charge is 2.20. The van der Waals surface area contributed by atoms with Gasteiger partial charge in [-0.2, -0.15) is 11.8 Å². The number of anilines is 1. The predicted molar refractivity (Wildman–Crippen MR) is 131 cm³/mol. The number of benzene rings is 2. The van der Waals surface area contributed by atoms with Gasteiger partial charge in [0.05, 0.1) is 19.8 Å². The van der Waals surface area contributed by atoms with Crippen molar-refractivity contribution in [2.45, 2.75) is 19.9 Å². The van der Waals surface area contributed by atoms with E-state index < -0.39 is 0 Å². The van der Waals surface area contributed by atoms with Crippen LogP contribution in [0, 0.1) is 0 Å². The monoisotopic (exact) mass is 422 g/mol. The molecule has 0 spiro atoms. The average Bonchev–Trinajstić information content (AvgIpc) is 2.97. The van der Waals surface area contributed by atoms with Crippen molar-refractivity contribution in [3.63, 3.8) is 0 Å². The molecule has 3 rings (SSSR count). The molecule has 0 saturated heterocycles. The molecular weight excluding hydrogens is 392 g/mol. The molecule has 30 heavy (non-hydrogen) atoms. The first-order valence-electron chi connectivity index (χ1n) is 9.95. The summed E-state index contributed by atoms with van der Waals surface area (Å²) in [5.74, 6) is 2.37. The molecule has 1 aromatic heterocycles. The molecule has 0 bridgehead atoms. The van der Waals surface area contributed by atoms with Crippen LogP contribution in [0.1, 0.15) is 25.5 Å². The van der Waals surface area contributed by atoms with E-state index >= 15 is 0 Å². The topological polar surface area (TPSA) is 35.4 Å². The molecule has 3 aromatic rings. The SMILES string of the molecule is C=C(C)Nc1cccc2c(=C)n(C(CSC)c3ccc(OC)c(OCC)c3)c(=C)c12. The summed E-state index contributed by atoms with van der Waals surface area (Å²) in [5, 5.41) is 7.42. The highest BCUT2D eigenvalue weighted by Crippen LogP contribution is 2.32. The van der Waals surface area contributed by atoms with Gasteiger partial charge < -0.3 is 19.4 Å². The first kappa shape index (κ1) is 21.9. The molecule has 0 amide bonds. The lowest BCUT2D eigenvalue weighted by Gasteiger charge is -2.21. The van der Waals surface area contributed by atoms with E-state index in [9.17, 15) is 0 Å². The zero-order valence-corrected chi connectivity index (χ0v) is 19.1. The Labute approximate surface area is 182 Å². The molecule has 1 N–H and O–H groups in total. The summed E-state index contributed by atoms with van der Waals surface area (Å²) in [5.41, 5.74) is 3.02. The van der Waals surface area contributed by atoms with Gasteiger partial charge in [-0.15, -0.1) is 0 Å². The second-order valence-corrected chi connectivity index (χ2v) is 8.12. The number of methoxy groups -OCH3 is 1. The van der Waals surface area contributed by atoms with Gasteiger partial charge in [0.15, 0.2) is 11.5 Å². The van der Waals surface area contributed by atoms with Crippen LogP contribution in [0.25, 0.3) is 23.9 Å². The number of aromatic nitrogens is 1. The Kier molecular flexibility index (Phi) is 6.83. The Morgan fingerprint density at radius 3 is 2.57 bits per heavy atom. The van der Waals surface area contributed by atoms with Crippen molar-refractivity contribution in [1.82, 2.24) is 4.57 Å². The van der Waals surface area contributed by atoms with Gasteiger partial charge in [-0.05, 0) is 43.9 Å². The number of nitrogens with one attached hydrogen (secondary N) is 1. The van der Waals surface area contributed by atoms with E-state index in [1.165, 1.54) is 0 Å². The summed E-state index contributed by atoms with van der Waals surface area (Å²) in [6.45, 7) is 17.4. The van der Waals surface area contributed by atoms with Gasteiger partial charge in [-0.1, -0.05) is 37.9 Å². The normalized spacial score (nSPS) is 12.0. The fourth-order valence-electron chi connectivity index (χ4n) is 3.87. The molecule has 1 unspecified atom stereocenters. The van der Waals surface area contributed by atoms with E-state index in [1.54, 1.807) is 18.9 Å². The van der Waals surface area contributed by atoms with Crippen LogP contribution < -0.4 is 25.5 Å². The van der Waals surface area contributed by atoms with Gasteiger partial charge >= 0.3 is 0 Å². The highest BCUT2D eigenvalue weighted by atomic mass is 32.2. The summed E-state index contributed by atoms with van der Waals surface area (Å²) in [7, 11) is 1.66. The maximum Gasteiger partial charge on any atom is 0.161 e. The average molecular weight is 423 g/mol. The van der Waals surface area contributed by atoms with Gasteiger partial charge in [0.25, 0.3) is 0 Å². The summed E-state index contributed by atoms with van der Waals surface area (Å²) >= 11 is 1.79. The zero-order chi connectivity index (χ0) is 21.8. The second kappa shape index (κ2) is 9.35. The number of fused-ring (bicyclic) bond motifs is 1. The van der Waals surface area contributed by atoms with E-state index in [1.807, 2.05) is 26.0 Å². The van der Waals surface area contributed by atoms with Crippen molar-refractivity contribution < 1.29 is 9.47 Å². The van der Waals surface area contributed by atoms with Crippen LogP contribution in [0.15, 0.2) is 48.7 Å². The van der Waals surface area contributed by atoms with Gasteiger partial charge in [-0.25, -0.2) is 0 Å². The first-order chi connectivity index (χ1) is 14.4. The fraction of sp³-hybridized carbons (Fsp3) is 0.280. The molecular formula is C25H30N2O2S. The van der Waals surface area contributed by atoms with Gasteiger partial charge in [0, 0.05) is 38.6 Å². The number of thioether (sulfide) groups is 1. The van der Waals surface area contributed by atoms with Gasteiger partial charge in [-0.3, -0.25) is 0 Å². The first-order valence-corrected chi connectivity index (χ1v) is 11.3. The van der Waals surface area contributed by atoms with Crippen molar-refractivity contribution in [3.8, 4) is 11.5 Å². The minimum absolute atomic E-state index is 0.0650. The molecule has 158 valence electrons. The van der Waals surface area contributed by atoms with Crippen molar-refractivity contribution in [2.24, 2.45) is 0 Å². The largest absolute Gasteiger partial charge is 0.493 e. The quantitative estimate of drug-likeness (QED) is 0.539. The van der Waals surface area contributed by atoms with Crippen molar-refractivity contribution >= 4 is 41.4 Å². The number of nitrogens with zero attached hydrogens (tertiary/aromatic N) is 1. The lowest BCUT2D eigenvalue weighted by atomic mass is 10.1. The summed E-state index contributed by atoms with van der Waals surface area (Å²) in [6, 6.07) is 12.4. The van der Waals surface area contributed by atoms with E-state index in [4.69, 9.17) is 9.47 Å². The van der Waals surface area contributed by atoms with Crippen LogP contribution in [0.2, 0.25) is 0 Å². The van der Waals surface area contributed by atoms with Crippen LogP contribution in [-0.4, -0.2) is 30.3 Å². The van der Waals surface area contributed by atoms with Crippen molar-refractivity contribution in [3.05, 3.63) is 64.9 Å². The van der Waals surface area contributed by atoms with Gasteiger partial charge in [0.1, 0.15) is 0 Å². The van der Waals surface area contributed by atoms with Crippen LogP contribution in [0.3, 0.4) is 0 Å². The van der Waals surface area contributed by atoms with Gasteiger partial charge in [0.2, 0.25) is 0 Å². The Bertz CT molecular complexity index is 1170. The molecule has 4 nitrogen and oxygen atoms in total. The highest BCUT2D eigenvalue weighted by molar-refractivity contribution is 7.98. The standard InChI is InChI=1S/C25H30N2O2S/c1-8-29-24-14-19(12-13-23(24)28-6)22(15-30-7)27-17(4)20-10-9-11-21(26-16(2)3)25(20)18(27)5/h9-14,22,26H,2,4-5,8,15H2,1,3,6-7H3. The molecule has 0 fully saturated rings. The number of rotatable bonds is 9. The number of ether oxygens (including phenoxy) is 2. The lowest BCUT2D eigenvalue weighted by Crippen LogP contribution is -2.32. The fourth-order valence-corrected chi connectivity index (χ4v) is 4.53. The number of allylic oxidation sites excluding steroid dienone is 1. The summed E-state index contributed by atoms with van der Waals surface area (Å²) in [4.78, 5) is 0. The second-order valence-electron chi connectivity index (χ2n) is 7.21. The molecule has 1 atom stereocenters. The van der Waals surface area contributed by atoms with Crippen molar-refractivity contribution in [2.75, 3.05) is 31.0 Å². The summed E-state index contributed by atoms with van der Waals surface area (Å²) in [6.07, 6.45) is 2.11. The third kappa shape index (κ3) is 4.08.